The molecule has 0 bridgehead atoms. The fourth-order valence-corrected chi connectivity index (χ4v) is 3.50. The number of hydrogen-bond donors (Lipinski definition) is 1. The summed E-state index contributed by atoms with van der Waals surface area (Å²) in [6.07, 6.45) is 0. The molecule has 0 saturated carbocycles. The van der Waals surface area contributed by atoms with Crippen LogP contribution in [0.5, 0.6) is 5.75 Å². The van der Waals surface area contributed by atoms with Gasteiger partial charge in [-0.05, 0) is 41.5 Å². The van der Waals surface area contributed by atoms with E-state index in [1.165, 1.54) is 0 Å². The molecule has 148 valence electrons. The molecular weight excluding hydrogens is 364 g/mol. The zero-order chi connectivity index (χ0) is 20.1. The van der Waals surface area contributed by atoms with E-state index in [2.05, 4.69) is 16.3 Å². The molecule has 0 unspecified atom stereocenters. The van der Waals surface area contributed by atoms with Crippen LogP contribution in [0.1, 0.15) is 10.4 Å². The Kier molecular flexibility index (Phi) is 5.77. The van der Waals surface area contributed by atoms with E-state index in [0.717, 1.165) is 48.8 Å². The van der Waals surface area contributed by atoms with Gasteiger partial charge in [-0.3, -0.25) is 4.79 Å². The van der Waals surface area contributed by atoms with Crippen molar-refractivity contribution < 1.29 is 14.3 Å². The van der Waals surface area contributed by atoms with Gasteiger partial charge >= 0.3 is 0 Å². The van der Waals surface area contributed by atoms with Crippen LogP contribution in [0.4, 0.5) is 11.4 Å². The van der Waals surface area contributed by atoms with Gasteiger partial charge in [0.1, 0.15) is 5.75 Å². The summed E-state index contributed by atoms with van der Waals surface area (Å²) in [6.45, 7) is 3.15. The first kappa shape index (κ1) is 19.0. The summed E-state index contributed by atoms with van der Waals surface area (Å²) in [4.78, 5) is 15.3. The summed E-state index contributed by atoms with van der Waals surface area (Å²) in [7, 11) is 1.58. The lowest BCUT2D eigenvalue weighted by Crippen LogP contribution is -2.36. The number of amides is 1. The Morgan fingerprint density at radius 2 is 1.72 bits per heavy atom. The van der Waals surface area contributed by atoms with Crippen LogP contribution in [0.25, 0.3) is 11.1 Å². The lowest BCUT2D eigenvalue weighted by atomic mass is 10.0. The van der Waals surface area contributed by atoms with E-state index in [-0.39, 0.29) is 5.91 Å². The van der Waals surface area contributed by atoms with Gasteiger partial charge in [-0.2, -0.15) is 0 Å². The third-order valence-corrected chi connectivity index (χ3v) is 5.03. The zero-order valence-electron chi connectivity index (χ0n) is 16.4. The Bertz CT molecular complexity index is 982. The molecule has 1 aliphatic heterocycles. The summed E-state index contributed by atoms with van der Waals surface area (Å²) in [5, 5.41) is 3.01. The van der Waals surface area contributed by atoms with Gasteiger partial charge in [0.25, 0.3) is 5.91 Å². The third-order valence-electron chi connectivity index (χ3n) is 5.03. The molecule has 0 aliphatic carbocycles. The molecule has 5 nitrogen and oxygen atoms in total. The van der Waals surface area contributed by atoms with Crippen molar-refractivity contribution in [3.63, 3.8) is 0 Å². The predicted octanol–water partition coefficient (Wildman–Crippen LogP) is 4.45. The number of morpholine rings is 1. The number of carbonyl (C=O) groups is 1. The fraction of sp³-hybridized carbons (Fsp3) is 0.208. The molecule has 0 radical (unpaired) electrons. The van der Waals surface area contributed by atoms with Crippen LogP contribution in [0.2, 0.25) is 0 Å². The van der Waals surface area contributed by atoms with Crippen molar-refractivity contribution >= 4 is 17.3 Å². The molecule has 1 N–H and O–H groups in total. The highest BCUT2D eigenvalue weighted by Crippen LogP contribution is 2.28. The SMILES string of the molecule is COc1ccc(-c2ccccc2)cc1C(=O)Nc1cccc(N2CCOCC2)c1. The van der Waals surface area contributed by atoms with Crippen LogP contribution in [0.3, 0.4) is 0 Å². The molecule has 3 aromatic rings. The highest BCUT2D eigenvalue weighted by Gasteiger charge is 2.16. The normalized spacial score (nSPS) is 13.8. The number of nitrogens with zero attached hydrogens (tertiary/aromatic N) is 1. The number of nitrogens with one attached hydrogen (secondary N) is 1. The molecule has 0 atom stereocenters. The maximum atomic E-state index is 13.0. The molecule has 1 saturated heterocycles. The van der Waals surface area contributed by atoms with Gasteiger partial charge < -0.3 is 19.7 Å². The third kappa shape index (κ3) is 4.41. The van der Waals surface area contributed by atoms with Gasteiger partial charge in [0, 0.05) is 24.5 Å². The molecule has 3 aromatic carbocycles. The molecule has 1 heterocycles. The first-order valence-electron chi connectivity index (χ1n) is 9.72. The second-order valence-electron chi connectivity index (χ2n) is 6.88. The lowest BCUT2D eigenvalue weighted by molar-refractivity contribution is 0.102. The van der Waals surface area contributed by atoms with Crippen LogP contribution in [0, 0.1) is 0 Å². The Balaban J connectivity index is 1.58. The van der Waals surface area contributed by atoms with Crippen LogP contribution in [-0.4, -0.2) is 39.3 Å². The molecule has 0 spiro atoms. The molecule has 1 aliphatic rings. The maximum absolute atomic E-state index is 13.0. The molecule has 1 fully saturated rings. The van der Waals surface area contributed by atoms with Crippen LogP contribution >= 0.6 is 0 Å². The topological polar surface area (TPSA) is 50.8 Å². The van der Waals surface area contributed by atoms with Gasteiger partial charge in [-0.15, -0.1) is 0 Å². The smallest absolute Gasteiger partial charge is 0.259 e. The van der Waals surface area contributed by atoms with Crippen LogP contribution in [-0.2, 0) is 4.74 Å². The number of rotatable bonds is 5. The lowest BCUT2D eigenvalue weighted by Gasteiger charge is -2.29. The predicted molar refractivity (Wildman–Crippen MR) is 116 cm³/mol. The Morgan fingerprint density at radius 1 is 0.931 bits per heavy atom. The van der Waals surface area contributed by atoms with E-state index < -0.39 is 0 Å². The van der Waals surface area contributed by atoms with Crippen LogP contribution in [0.15, 0.2) is 72.8 Å². The standard InChI is InChI=1S/C24H24N2O3/c1-28-23-11-10-19(18-6-3-2-4-7-18)16-22(23)24(27)25-20-8-5-9-21(17-20)26-12-14-29-15-13-26/h2-11,16-17H,12-15H2,1H3,(H,25,27). The minimum absolute atomic E-state index is 0.196. The first-order chi connectivity index (χ1) is 14.2. The number of carbonyl (C=O) groups excluding carboxylic acids is 1. The Morgan fingerprint density at radius 3 is 2.48 bits per heavy atom. The molecular formula is C24H24N2O3. The Labute approximate surface area is 170 Å². The highest BCUT2D eigenvalue weighted by molar-refractivity contribution is 6.07. The zero-order valence-corrected chi connectivity index (χ0v) is 16.4. The van der Waals surface area contributed by atoms with E-state index in [0.29, 0.717) is 11.3 Å². The number of hydrogen-bond acceptors (Lipinski definition) is 4. The van der Waals surface area contributed by atoms with Crippen LogP contribution < -0.4 is 15.0 Å². The number of ether oxygens (including phenoxy) is 2. The van der Waals surface area contributed by atoms with E-state index in [9.17, 15) is 4.79 Å². The molecule has 0 aromatic heterocycles. The summed E-state index contributed by atoms with van der Waals surface area (Å²) in [5.74, 6) is 0.352. The molecule has 1 amide bonds. The fourth-order valence-electron chi connectivity index (χ4n) is 3.50. The molecule has 29 heavy (non-hydrogen) atoms. The highest BCUT2D eigenvalue weighted by atomic mass is 16.5. The van der Waals surface area contributed by atoms with Crippen molar-refractivity contribution in [3.05, 3.63) is 78.4 Å². The van der Waals surface area contributed by atoms with E-state index >= 15 is 0 Å². The van der Waals surface area contributed by atoms with Gasteiger partial charge in [0.05, 0.1) is 25.9 Å². The monoisotopic (exact) mass is 388 g/mol. The van der Waals surface area contributed by atoms with Gasteiger partial charge in [0.2, 0.25) is 0 Å². The average molecular weight is 388 g/mol. The largest absolute Gasteiger partial charge is 0.496 e. The summed E-state index contributed by atoms with van der Waals surface area (Å²) < 4.78 is 10.9. The van der Waals surface area contributed by atoms with Crippen molar-refractivity contribution in [2.75, 3.05) is 43.6 Å². The average Bonchev–Trinajstić information content (AvgIpc) is 2.80. The maximum Gasteiger partial charge on any atom is 0.259 e. The van der Waals surface area contributed by atoms with E-state index in [4.69, 9.17) is 9.47 Å². The number of anilines is 2. The van der Waals surface area contributed by atoms with Crippen molar-refractivity contribution in [3.8, 4) is 16.9 Å². The van der Waals surface area contributed by atoms with E-state index in [1.807, 2.05) is 66.7 Å². The summed E-state index contributed by atoms with van der Waals surface area (Å²) in [5.41, 5.74) is 4.37. The van der Waals surface area contributed by atoms with Gasteiger partial charge in [0.15, 0.2) is 0 Å². The minimum Gasteiger partial charge on any atom is -0.496 e. The summed E-state index contributed by atoms with van der Waals surface area (Å²) in [6, 6.07) is 23.6. The van der Waals surface area contributed by atoms with Crippen molar-refractivity contribution in [2.45, 2.75) is 0 Å². The van der Waals surface area contributed by atoms with E-state index in [1.54, 1.807) is 7.11 Å². The second kappa shape index (κ2) is 8.80. The van der Waals surface area contributed by atoms with Gasteiger partial charge in [-0.25, -0.2) is 0 Å². The second-order valence-corrected chi connectivity index (χ2v) is 6.88. The van der Waals surface area contributed by atoms with Gasteiger partial charge in [-0.1, -0.05) is 42.5 Å². The number of benzene rings is 3. The first-order valence-corrected chi connectivity index (χ1v) is 9.72. The summed E-state index contributed by atoms with van der Waals surface area (Å²) >= 11 is 0. The molecule has 4 rings (SSSR count). The number of methoxy groups -OCH3 is 1. The van der Waals surface area contributed by atoms with Crippen molar-refractivity contribution in [2.24, 2.45) is 0 Å². The molecule has 5 heteroatoms. The quantitative estimate of drug-likeness (QED) is 0.702. The van der Waals surface area contributed by atoms with Crippen molar-refractivity contribution in [1.82, 2.24) is 0 Å². The Hall–Kier alpha value is -3.31. The minimum atomic E-state index is -0.196. The van der Waals surface area contributed by atoms with Crippen molar-refractivity contribution in [1.29, 1.82) is 0 Å².